The molecule has 0 saturated heterocycles. The molecule has 0 aliphatic heterocycles. The van der Waals surface area contributed by atoms with Crippen molar-refractivity contribution in [1.82, 2.24) is 5.32 Å². The molecule has 0 aromatic carbocycles. The van der Waals surface area contributed by atoms with Crippen LogP contribution in [-0.2, 0) is 0 Å². The Kier molecular flexibility index (Phi) is 5.51. The zero-order valence-electron chi connectivity index (χ0n) is 8.09. The van der Waals surface area contributed by atoms with Gasteiger partial charge in [-0.25, -0.2) is 0 Å². The van der Waals surface area contributed by atoms with Crippen LogP contribution in [0.15, 0.2) is 0 Å². The number of hydrogen-bond acceptors (Lipinski definition) is 2. The van der Waals surface area contributed by atoms with Gasteiger partial charge in [0.05, 0.1) is 6.61 Å². The van der Waals surface area contributed by atoms with Gasteiger partial charge < -0.3 is 10.4 Å². The Balaban J connectivity index is 3.58. The lowest BCUT2D eigenvalue weighted by atomic mass is 10.0. The predicted molar refractivity (Wildman–Crippen MR) is 48.6 cm³/mol. The van der Waals surface area contributed by atoms with E-state index in [1.807, 2.05) is 0 Å². The Morgan fingerprint density at radius 3 is 2.00 bits per heavy atom. The molecule has 0 bridgehead atoms. The molecule has 0 fully saturated rings. The van der Waals surface area contributed by atoms with E-state index in [1.54, 1.807) is 0 Å². The third-order valence-electron chi connectivity index (χ3n) is 1.55. The number of nitrogens with one attached hydrogen (secondary N) is 1. The number of aliphatic hydroxyl groups is 1. The van der Waals surface area contributed by atoms with E-state index in [0.29, 0.717) is 12.0 Å². The molecule has 0 aliphatic carbocycles. The van der Waals surface area contributed by atoms with Crippen molar-refractivity contribution in [2.24, 2.45) is 5.92 Å². The quantitative estimate of drug-likeness (QED) is 0.635. The average molecular weight is 159 g/mol. The van der Waals surface area contributed by atoms with Crippen LogP contribution < -0.4 is 5.32 Å². The fourth-order valence-corrected chi connectivity index (χ4v) is 1.24. The van der Waals surface area contributed by atoms with Crippen molar-refractivity contribution in [2.75, 3.05) is 6.61 Å². The maximum atomic E-state index is 8.96. The van der Waals surface area contributed by atoms with Gasteiger partial charge in [0.2, 0.25) is 0 Å². The average Bonchev–Trinajstić information content (AvgIpc) is 1.84. The first kappa shape index (κ1) is 10.9. The maximum absolute atomic E-state index is 8.96. The molecule has 0 amide bonds. The molecule has 2 N–H and O–H groups in total. The molecule has 2 heteroatoms. The summed E-state index contributed by atoms with van der Waals surface area (Å²) in [5.74, 6) is 0.651. The van der Waals surface area contributed by atoms with Gasteiger partial charge in [-0.15, -0.1) is 0 Å². The molecule has 0 saturated carbocycles. The summed E-state index contributed by atoms with van der Waals surface area (Å²) in [7, 11) is 0. The van der Waals surface area contributed by atoms with E-state index in [2.05, 4.69) is 33.0 Å². The van der Waals surface area contributed by atoms with Crippen LogP contribution in [0.2, 0.25) is 0 Å². The molecule has 0 aromatic rings. The third-order valence-corrected chi connectivity index (χ3v) is 1.55. The van der Waals surface area contributed by atoms with E-state index >= 15 is 0 Å². The predicted octanol–water partition coefficient (Wildman–Crippen LogP) is 1.39. The van der Waals surface area contributed by atoms with Crippen LogP contribution in [0.5, 0.6) is 0 Å². The van der Waals surface area contributed by atoms with Crippen molar-refractivity contribution in [3.8, 4) is 0 Å². The second-order valence-electron chi connectivity index (χ2n) is 3.83. The molecule has 11 heavy (non-hydrogen) atoms. The molecule has 2 nitrogen and oxygen atoms in total. The Hall–Kier alpha value is -0.0800. The van der Waals surface area contributed by atoms with Crippen molar-refractivity contribution < 1.29 is 5.11 Å². The molecule has 0 aromatic heterocycles. The monoisotopic (exact) mass is 159 g/mol. The van der Waals surface area contributed by atoms with Gasteiger partial charge in [-0.1, -0.05) is 27.7 Å². The molecule has 1 atom stereocenters. The molecule has 0 rings (SSSR count). The minimum absolute atomic E-state index is 0.246. The summed E-state index contributed by atoms with van der Waals surface area (Å²) in [5, 5.41) is 12.3. The first-order valence-electron chi connectivity index (χ1n) is 4.43. The molecular weight excluding hydrogens is 138 g/mol. The fraction of sp³-hybridized carbons (Fsp3) is 1.00. The Morgan fingerprint density at radius 2 is 1.73 bits per heavy atom. The van der Waals surface area contributed by atoms with E-state index in [9.17, 15) is 0 Å². The maximum Gasteiger partial charge on any atom is 0.0584 e. The molecule has 0 spiro atoms. The minimum Gasteiger partial charge on any atom is -0.395 e. The van der Waals surface area contributed by atoms with Crippen molar-refractivity contribution >= 4 is 0 Å². The van der Waals surface area contributed by atoms with Crippen molar-refractivity contribution in [1.29, 1.82) is 0 Å². The highest BCUT2D eigenvalue weighted by molar-refractivity contribution is 4.69. The van der Waals surface area contributed by atoms with Gasteiger partial charge >= 0.3 is 0 Å². The second kappa shape index (κ2) is 5.56. The van der Waals surface area contributed by atoms with Gasteiger partial charge in [-0.3, -0.25) is 0 Å². The van der Waals surface area contributed by atoms with E-state index in [0.717, 1.165) is 6.42 Å². The molecule has 0 unspecified atom stereocenters. The smallest absolute Gasteiger partial charge is 0.0584 e. The van der Waals surface area contributed by atoms with E-state index in [4.69, 9.17) is 5.11 Å². The largest absolute Gasteiger partial charge is 0.395 e. The summed E-state index contributed by atoms with van der Waals surface area (Å²) in [6, 6.07) is 0.737. The van der Waals surface area contributed by atoms with Crippen LogP contribution in [0.25, 0.3) is 0 Å². The topological polar surface area (TPSA) is 32.3 Å². The lowest BCUT2D eigenvalue weighted by Gasteiger charge is -2.20. The van der Waals surface area contributed by atoms with Crippen molar-refractivity contribution in [2.45, 2.75) is 46.2 Å². The number of aliphatic hydroxyl groups excluding tert-OH is 1. The second-order valence-corrected chi connectivity index (χ2v) is 3.83. The van der Waals surface area contributed by atoms with Gasteiger partial charge in [0.15, 0.2) is 0 Å². The van der Waals surface area contributed by atoms with Gasteiger partial charge in [0.25, 0.3) is 0 Å². The van der Waals surface area contributed by atoms with Gasteiger partial charge in [-0.2, -0.15) is 0 Å². The standard InChI is InChI=1S/C9H21NO/c1-7(2)5-9(6-11)10-8(3)4/h7-11H,5-6H2,1-4H3/t9-/m1/s1. The Labute approximate surface area is 70.0 Å². The third kappa shape index (κ3) is 6.32. The van der Waals surface area contributed by atoms with Crippen molar-refractivity contribution in [3.63, 3.8) is 0 Å². The highest BCUT2D eigenvalue weighted by atomic mass is 16.3. The normalized spacial score (nSPS) is 14.5. The highest BCUT2D eigenvalue weighted by Gasteiger charge is 2.09. The summed E-state index contributed by atoms with van der Waals surface area (Å²) >= 11 is 0. The van der Waals surface area contributed by atoms with Gasteiger partial charge in [0, 0.05) is 12.1 Å². The highest BCUT2D eigenvalue weighted by Crippen LogP contribution is 2.04. The van der Waals surface area contributed by atoms with Crippen LogP contribution in [-0.4, -0.2) is 23.8 Å². The van der Waals surface area contributed by atoms with Crippen LogP contribution in [0.1, 0.15) is 34.1 Å². The zero-order chi connectivity index (χ0) is 8.85. The van der Waals surface area contributed by atoms with E-state index in [1.165, 1.54) is 0 Å². The van der Waals surface area contributed by atoms with Crippen LogP contribution >= 0.6 is 0 Å². The van der Waals surface area contributed by atoms with Crippen LogP contribution in [0.4, 0.5) is 0 Å². The van der Waals surface area contributed by atoms with E-state index in [-0.39, 0.29) is 12.6 Å². The lowest BCUT2D eigenvalue weighted by Crippen LogP contribution is -2.38. The summed E-state index contributed by atoms with van der Waals surface area (Å²) in [4.78, 5) is 0. The molecule has 0 heterocycles. The van der Waals surface area contributed by atoms with Gasteiger partial charge in [-0.05, 0) is 12.3 Å². The zero-order valence-corrected chi connectivity index (χ0v) is 8.09. The fourth-order valence-electron chi connectivity index (χ4n) is 1.24. The minimum atomic E-state index is 0.246. The van der Waals surface area contributed by atoms with Crippen LogP contribution in [0.3, 0.4) is 0 Å². The number of rotatable bonds is 5. The Morgan fingerprint density at radius 1 is 1.18 bits per heavy atom. The SMILES string of the molecule is CC(C)C[C@H](CO)NC(C)C. The summed E-state index contributed by atoms with van der Waals surface area (Å²) in [6.07, 6.45) is 1.05. The Bertz CT molecular complexity index is 81.6. The number of hydrogen-bond donors (Lipinski definition) is 2. The van der Waals surface area contributed by atoms with Crippen molar-refractivity contribution in [3.05, 3.63) is 0 Å². The summed E-state index contributed by atoms with van der Waals surface area (Å²) in [6.45, 7) is 8.79. The molecule has 0 aliphatic rings. The molecule has 68 valence electrons. The lowest BCUT2D eigenvalue weighted by molar-refractivity contribution is 0.217. The van der Waals surface area contributed by atoms with Crippen LogP contribution in [0, 0.1) is 5.92 Å². The first-order valence-corrected chi connectivity index (χ1v) is 4.43. The molecular formula is C9H21NO. The molecule has 0 radical (unpaired) electrons. The summed E-state index contributed by atoms with van der Waals surface area (Å²) < 4.78 is 0. The van der Waals surface area contributed by atoms with Gasteiger partial charge in [0.1, 0.15) is 0 Å². The first-order chi connectivity index (χ1) is 5.06. The van der Waals surface area contributed by atoms with E-state index < -0.39 is 0 Å². The summed E-state index contributed by atoms with van der Waals surface area (Å²) in [5.41, 5.74) is 0.